The summed E-state index contributed by atoms with van der Waals surface area (Å²) in [5.41, 5.74) is 0. The minimum Gasteiger partial charge on any atom is -0.207 e. The average Bonchev–Trinajstić information content (AvgIpc) is 1.86. The maximum Gasteiger partial charge on any atom is 0.250 e. The van der Waals surface area contributed by atoms with Gasteiger partial charge in [0.1, 0.15) is 0 Å². The van der Waals surface area contributed by atoms with E-state index in [2.05, 4.69) is 0 Å². The second-order valence-electron chi connectivity index (χ2n) is 2.55. The summed E-state index contributed by atoms with van der Waals surface area (Å²) in [6, 6.07) is 0. The molecule has 0 N–H and O–H groups in total. The van der Waals surface area contributed by atoms with E-state index in [0.717, 1.165) is 0 Å². The topological polar surface area (TPSA) is 0 Å². The van der Waals surface area contributed by atoms with Crippen LogP contribution in [0, 0.1) is 5.92 Å². The Morgan fingerprint density at radius 3 is 2.11 bits per heavy atom. The summed E-state index contributed by atoms with van der Waals surface area (Å²) >= 11 is 0. The summed E-state index contributed by atoms with van der Waals surface area (Å²) in [6.45, 7) is 1.62. The first-order chi connectivity index (χ1) is 3.63. The third kappa shape index (κ3) is 1.81. The van der Waals surface area contributed by atoms with Crippen LogP contribution in [0.25, 0.3) is 0 Å². The Kier molecular flexibility index (Phi) is 2.93. The standard InChI is InChI=1S/C6H10F2.H2S/c1-5-3-2-4-6(5,7)8;/h5H,2-4H2,1H3;1H2/t5-;/m0./s1. The third-order valence-electron chi connectivity index (χ3n) is 1.87. The molecule has 0 heterocycles. The lowest BCUT2D eigenvalue weighted by atomic mass is 10.1. The molecule has 0 aromatic carbocycles. The van der Waals surface area contributed by atoms with Gasteiger partial charge in [-0.25, -0.2) is 8.78 Å². The van der Waals surface area contributed by atoms with E-state index in [0.29, 0.717) is 12.8 Å². The molecule has 0 nitrogen and oxygen atoms in total. The second kappa shape index (κ2) is 2.86. The van der Waals surface area contributed by atoms with Crippen LogP contribution < -0.4 is 0 Å². The number of rotatable bonds is 0. The molecule has 1 saturated carbocycles. The predicted molar refractivity (Wildman–Crippen MR) is 38.3 cm³/mol. The maximum absolute atomic E-state index is 12.3. The van der Waals surface area contributed by atoms with E-state index in [1.165, 1.54) is 0 Å². The van der Waals surface area contributed by atoms with Crippen molar-refractivity contribution in [2.75, 3.05) is 0 Å². The van der Waals surface area contributed by atoms with Gasteiger partial charge in [-0.3, -0.25) is 0 Å². The van der Waals surface area contributed by atoms with Crippen molar-refractivity contribution in [3.63, 3.8) is 0 Å². The molecule has 0 amide bonds. The van der Waals surface area contributed by atoms with Crippen molar-refractivity contribution < 1.29 is 8.78 Å². The summed E-state index contributed by atoms with van der Waals surface area (Å²) in [7, 11) is 0. The van der Waals surface area contributed by atoms with Gasteiger partial charge in [-0.15, -0.1) is 0 Å². The van der Waals surface area contributed by atoms with Crippen LogP contribution in [0.4, 0.5) is 8.78 Å². The monoisotopic (exact) mass is 154 g/mol. The molecule has 9 heavy (non-hydrogen) atoms. The molecule has 0 aromatic heterocycles. The molecule has 3 heteroatoms. The Balaban J connectivity index is 0.000000640. The van der Waals surface area contributed by atoms with E-state index < -0.39 is 5.92 Å². The summed E-state index contributed by atoms with van der Waals surface area (Å²) in [4.78, 5) is 0. The van der Waals surface area contributed by atoms with Crippen molar-refractivity contribution in [1.29, 1.82) is 0 Å². The SMILES string of the molecule is C[C@H]1CCCC1(F)F.S. The fourth-order valence-electron chi connectivity index (χ4n) is 1.10. The van der Waals surface area contributed by atoms with E-state index in [1.54, 1.807) is 6.92 Å². The summed E-state index contributed by atoms with van der Waals surface area (Å²) in [6.07, 6.45) is 1.51. The predicted octanol–water partition coefficient (Wildman–Crippen LogP) is 2.55. The first-order valence-electron chi connectivity index (χ1n) is 3.01. The van der Waals surface area contributed by atoms with Crippen LogP contribution in [0.15, 0.2) is 0 Å². The van der Waals surface area contributed by atoms with Gasteiger partial charge in [0.25, 0.3) is 5.92 Å². The number of halogens is 2. The quantitative estimate of drug-likeness (QED) is 0.503. The molecule has 0 bridgehead atoms. The Hall–Kier alpha value is 0.210. The van der Waals surface area contributed by atoms with Gasteiger partial charge in [-0.05, 0) is 12.8 Å². The minimum atomic E-state index is -2.35. The molecule has 1 aliphatic rings. The van der Waals surface area contributed by atoms with Crippen LogP contribution in [-0.2, 0) is 0 Å². The van der Waals surface area contributed by atoms with Gasteiger partial charge in [0.15, 0.2) is 0 Å². The molecule has 1 rings (SSSR count). The van der Waals surface area contributed by atoms with Crippen molar-refractivity contribution in [3.05, 3.63) is 0 Å². The molecule has 0 unspecified atom stereocenters. The number of hydrogen-bond acceptors (Lipinski definition) is 0. The van der Waals surface area contributed by atoms with Crippen LogP contribution in [-0.4, -0.2) is 5.92 Å². The molecule has 0 radical (unpaired) electrons. The fraction of sp³-hybridized carbons (Fsp3) is 1.00. The van der Waals surface area contributed by atoms with Gasteiger partial charge >= 0.3 is 0 Å². The molecular formula is C6H12F2S. The molecular weight excluding hydrogens is 142 g/mol. The van der Waals surface area contributed by atoms with E-state index in [-0.39, 0.29) is 25.8 Å². The zero-order valence-corrected chi connectivity index (χ0v) is 6.45. The summed E-state index contributed by atoms with van der Waals surface area (Å²) in [5.74, 6) is -2.72. The smallest absolute Gasteiger partial charge is 0.207 e. The van der Waals surface area contributed by atoms with Crippen LogP contribution in [0.3, 0.4) is 0 Å². The Labute approximate surface area is 61.1 Å². The van der Waals surface area contributed by atoms with Gasteiger partial charge in [-0.2, -0.15) is 13.5 Å². The zero-order valence-electron chi connectivity index (χ0n) is 5.45. The molecule has 0 aliphatic heterocycles. The van der Waals surface area contributed by atoms with Crippen molar-refractivity contribution in [2.45, 2.75) is 32.1 Å². The summed E-state index contributed by atoms with van der Waals surface area (Å²) < 4.78 is 24.7. The van der Waals surface area contributed by atoms with Gasteiger partial charge in [0.2, 0.25) is 0 Å². The lowest BCUT2D eigenvalue weighted by molar-refractivity contribution is -0.0299. The highest BCUT2D eigenvalue weighted by molar-refractivity contribution is 7.59. The highest BCUT2D eigenvalue weighted by Gasteiger charge is 2.40. The Morgan fingerprint density at radius 1 is 1.44 bits per heavy atom. The highest BCUT2D eigenvalue weighted by atomic mass is 32.1. The lowest BCUT2D eigenvalue weighted by Crippen LogP contribution is -2.17. The summed E-state index contributed by atoms with van der Waals surface area (Å²) in [5, 5.41) is 0. The molecule has 0 aromatic rings. The fourth-order valence-corrected chi connectivity index (χ4v) is 1.10. The van der Waals surface area contributed by atoms with Crippen LogP contribution >= 0.6 is 13.5 Å². The molecule has 1 atom stereocenters. The van der Waals surface area contributed by atoms with Crippen molar-refractivity contribution in [1.82, 2.24) is 0 Å². The highest BCUT2D eigenvalue weighted by Crippen LogP contribution is 2.39. The lowest BCUT2D eigenvalue weighted by Gasteiger charge is -2.12. The van der Waals surface area contributed by atoms with E-state index >= 15 is 0 Å². The van der Waals surface area contributed by atoms with Crippen molar-refractivity contribution >= 4 is 13.5 Å². The maximum atomic E-state index is 12.3. The van der Waals surface area contributed by atoms with Gasteiger partial charge in [0, 0.05) is 12.3 Å². The first-order valence-corrected chi connectivity index (χ1v) is 3.01. The van der Waals surface area contributed by atoms with Crippen molar-refractivity contribution in [3.8, 4) is 0 Å². The van der Waals surface area contributed by atoms with Crippen LogP contribution in [0.5, 0.6) is 0 Å². The number of hydrogen-bond donors (Lipinski definition) is 0. The van der Waals surface area contributed by atoms with E-state index in [9.17, 15) is 8.78 Å². The Morgan fingerprint density at radius 2 is 2.00 bits per heavy atom. The van der Waals surface area contributed by atoms with Crippen molar-refractivity contribution in [2.24, 2.45) is 5.92 Å². The molecule has 56 valence electrons. The third-order valence-corrected chi connectivity index (χ3v) is 1.87. The normalized spacial score (nSPS) is 31.7. The molecule has 0 spiro atoms. The Bertz CT molecular complexity index is 93.1. The van der Waals surface area contributed by atoms with Crippen LogP contribution in [0.2, 0.25) is 0 Å². The van der Waals surface area contributed by atoms with Gasteiger partial charge in [0.05, 0.1) is 0 Å². The average molecular weight is 154 g/mol. The van der Waals surface area contributed by atoms with Gasteiger partial charge in [-0.1, -0.05) is 6.92 Å². The molecule has 0 saturated heterocycles. The largest absolute Gasteiger partial charge is 0.250 e. The van der Waals surface area contributed by atoms with E-state index in [4.69, 9.17) is 0 Å². The number of alkyl halides is 2. The van der Waals surface area contributed by atoms with Gasteiger partial charge < -0.3 is 0 Å². The first kappa shape index (κ1) is 9.21. The molecule has 1 fully saturated rings. The molecule has 1 aliphatic carbocycles. The zero-order chi connectivity index (χ0) is 6.20. The van der Waals surface area contributed by atoms with E-state index in [1.807, 2.05) is 0 Å². The van der Waals surface area contributed by atoms with Crippen LogP contribution in [0.1, 0.15) is 26.2 Å². The second-order valence-corrected chi connectivity index (χ2v) is 2.55. The minimum absolute atomic E-state index is 0.